The van der Waals surface area contributed by atoms with Crippen LogP contribution in [0, 0.1) is 11.3 Å². The van der Waals surface area contributed by atoms with Crippen molar-refractivity contribution >= 4 is 44.4 Å². The second kappa shape index (κ2) is 5.01. The number of pyridine rings is 1. The fourth-order valence-electron chi connectivity index (χ4n) is 1.69. The number of nitrogens with zero attached hydrogens (tertiary/aromatic N) is 2. The van der Waals surface area contributed by atoms with Crippen molar-refractivity contribution in [3.63, 3.8) is 0 Å². The topological polar surface area (TPSA) is 133 Å². The summed E-state index contributed by atoms with van der Waals surface area (Å²) in [6.45, 7) is 0. The molecule has 102 valence electrons. The average molecular weight is 308 g/mol. The fraction of sp³-hybridized carbons (Fsp3) is 0. The molecule has 0 spiro atoms. The molecule has 0 amide bonds. The molecule has 20 heavy (non-hydrogen) atoms. The number of hydrogen-bond donors (Lipinski definition) is 3. The van der Waals surface area contributed by atoms with Crippen LogP contribution < -0.4 is 5.73 Å². The van der Waals surface area contributed by atoms with E-state index in [0.29, 0.717) is 5.56 Å². The minimum absolute atomic E-state index is 0.0195. The van der Waals surface area contributed by atoms with Gasteiger partial charge in [0.25, 0.3) is 10.1 Å². The number of nitrogens with two attached hydrogens (primary N) is 1. The summed E-state index contributed by atoms with van der Waals surface area (Å²) in [4.78, 5) is 6.27. The molecule has 2 rings (SSSR count). The number of aromatic nitrogens is 2. The third-order valence-corrected chi connectivity index (χ3v) is 3.65. The number of fused-ring (bicyclic) bond motifs is 1. The van der Waals surface area contributed by atoms with Crippen LogP contribution in [0.5, 0.6) is 0 Å². The van der Waals surface area contributed by atoms with Crippen molar-refractivity contribution < 1.29 is 13.0 Å². The van der Waals surface area contributed by atoms with Gasteiger partial charge in [-0.15, -0.1) is 0 Å². The van der Waals surface area contributed by atoms with Crippen LogP contribution in [0.1, 0.15) is 5.56 Å². The van der Waals surface area contributed by atoms with E-state index >= 15 is 0 Å². The molecular formula is C11H8N4O3S2. The lowest BCUT2D eigenvalue weighted by molar-refractivity contribution is 0.484. The molecule has 0 aliphatic rings. The Morgan fingerprint density at radius 1 is 1.60 bits per heavy atom. The first-order valence-corrected chi connectivity index (χ1v) is 7.04. The molecular weight excluding hydrogens is 300 g/mol. The van der Waals surface area contributed by atoms with Gasteiger partial charge in [0.2, 0.25) is 0 Å². The SMILES string of the molecule is N#CC(=Cc1c[nH]c2nccc(S(=O)(=O)O)c12)C(N)=S. The Hall–Kier alpha value is -2.28. The Labute approximate surface area is 119 Å². The van der Waals surface area contributed by atoms with Gasteiger partial charge in [-0.25, -0.2) is 4.98 Å². The van der Waals surface area contributed by atoms with Gasteiger partial charge in [0.15, 0.2) is 0 Å². The van der Waals surface area contributed by atoms with Gasteiger partial charge in [-0.3, -0.25) is 4.55 Å². The van der Waals surface area contributed by atoms with Crippen molar-refractivity contribution in [1.82, 2.24) is 9.97 Å². The molecule has 0 aliphatic carbocycles. The van der Waals surface area contributed by atoms with Crippen molar-refractivity contribution in [2.75, 3.05) is 0 Å². The highest BCUT2D eigenvalue weighted by atomic mass is 32.2. The van der Waals surface area contributed by atoms with Gasteiger partial charge in [0.05, 0.1) is 5.57 Å². The maximum atomic E-state index is 11.4. The highest BCUT2D eigenvalue weighted by Gasteiger charge is 2.18. The van der Waals surface area contributed by atoms with Crippen molar-refractivity contribution in [3.05, 3.63) is 29.6 Å². The predicted octanol–water partition coefficient (Wildman–Crippen LogP) is 1.00. The second-order valence-electron chi connectivity index (χ2n) is 3.79. The van der Waals surface area contributed by atoms with E-state index in [1.54, 1.807) is 0 Å². The van der Waals surface area contributed by atoms with Gasteiger partial charge in [0.1, 0.15) is 21.6 Å². The number of thiocarbonyl (C=S) groups is 1. The van der Waals surface area contributed by atoms with Crippen LogP contribution in [0.2, 0.25) is 0 Å². The molecule has 2 aromatic rings. The van der Waals surface area contributed by atoms with Crippen LogP contribution in [-0.2, 0) is 10.1 Å². The van der Waals surface area contributed by atoms with Crippen LogP contribution in [0.15, 0.2) is 28.9 Å². The Morgan fingerprint density at radius 2 is 2.30 bits per heavy atom. The van der Waals surface area contributed by atoms with Crippen molar-refractivity contribution in [2.45, 2.75) is 4.90 Å². The quantitative estimate of drug-likeness (QED) is 0.333. The minimum Gasteiger partial charge on any atom is -0.389 e. The van der Waals surface area contributed by atoms with E-state index in [1.807, 2.05) is 6.07 Å². The average Bonchev–Trinajstić information content (AvgIpc) is 2.77. The Morgan fingerprint density at radius 3 is 2.85 bits per heavy atom. The van der Waals surface area contributed by atoms with Crippen LogP contribution in [0.3, 0.4) is 0 Å². The summed E-state index contributed by atoms with van der Waals surface area (Å²) in [5, 5.41) is 9.08. The molecule has 7 nitrogen and oxygen atoms in total. The summed E-state index contributed by atoms with van der Waals surface area (Å²) in [5.41, 5.74) is 5.99. The molecule has 0 saturated heterocycles. The maximum Gasteiger partial charge on any atom is 0.295 e. The number of aromatic amines is 1. The zero-order chi connectivity index (χ0) is 14.9. The monoisotopic (exact) mass is 308 g/mol. The highest BCUT2D eigenvalue weighted by molar-refractivity contribution is 7.86. The summed E-state index contributed by atoms with van der Waals surface area (Å²) in [7, 11) is -4.42. The van der Waals surface area contributed by atoms with Crippen molar-refractivity contribution in [1.29, 1.82) is 5.26 Å². The zero-order valence-corrected chi connectivity index (χ0v) is 11.5. The minimum atomic E-state index is -4.42. The lowest BCUT2D eigenvalue weighted by atomic mass is 10.1. The first-order valence-electron chi connectivity index (χ1n) is 5.19. The molecule has 9 heteroatoms. The molecule has 2 heterocycles. The van der Waals surface area contributed by atoms with E-state index in [2.05, 4.69) is 9.97 Å². The standard InChI is InChI=1S/C11H8N4O3S2/c12-4-6(10(13)19)3-7-5-15-11-9(7)8(1-2-14-11)20(16,17)18/h1-3,5H,(H2,13,19)(H,14,15)(H,16,17,18). The lowest BCUT2D eigenvalue weighted by Crippen LogP contribution is -2.09. The molecule has 0 fully saturated rings. The smallest absolute Gasteiger partial charge is 0.295 e. The second-order valence-corrected chi connectivity index (χ2v) is 5.62. The predicted molar refractivity (Wildman–Crippen MR) is 76.3 cm³/mol. The number of H-pyrrole nitrogens is 1. The highest BCUT2D eigenvalue weighted by Crippen LogP contribution is 2.26. The summed E-state index contributed by atoms with van der Waals surface area (Å²) in [5.74, 6) is 0. The van der Waals surface area contributed by atoms with Crippen LogP contribution in [0.4, 0.5) is 0 Å². The van der Waals surface area contributed by atoms with E-state index in [4.69, 9.17) is 23.2 Å². The number of rotatable bonds is 3. The normalized spacial score (nSPS) is 12.3. The van der Waals surface area contributed by atoms with Crippen LogP contribution in [-0.4, -0.2) is 27.9 Å². The van der Waals surface area contributed by atoms with Gasteiger partial charge in [-0.1, -0.05) is 12.2 Å². The van der Waals surface area contributed by atoms with Crippen LogP contribution >= 0.6 is 12.2 Å². The zero-order valence-electron chi connectivity index (χ0n) is 9.86. The van der Waals surface area contributed by atoms with E-state index in [9.17, 15) is 13.0 Å². The van der Waals surface area contributed by atoms with Gasteiger partial charge in [0, 0.05) is 23.3 Å². The van der Waals surface area contributed by atoms with Crippen molar-refractivity contribution in [2.24, 2.45) is 5.73 Å². The molecule has 2 aromatic heterocycles. The molecule has 0 saturated carbocycles. The number of nitrogens with one attached hydrogen (secondary N) is 1. The van der Waals surface area contributed by atoms with Crippen LogP contribution in [0.25, 0.3) is 17.1 Å². The Bertz CT molecular complexity index is 875. The molecule has 4 N–H and O–H groups in total. The number of hydrogen-bond acceptors (Lipinski definition) is 5. The van der Waals surface area contributed by atoms with Crippen molar-refractivity contribution in [3.8, 4) is 6.07 Å². The van der Waals surface area contributed by atoms with Gasteiger partial charge in [-0.2, -0.15) is 13.7 Å². The van der Waals surface area contributed by atoms with Gasteiger partial charge < -0.3 is 10.7 Å². The van der Waals surface area contributed by atoms with Gasteiger partial charge in [-0.05, 0) is 12.1 Å². The summed E-state index contributed by atoms with van der Waals surface area (Å²) >= 11 is 4.71. The first-order chi connectivity index (χ1) is 9.34. The first kappa shape index (κ1) is 14.1. The Kier molecular flexibility index (Phi) is 3.54. The fourth-order valence-corrected chi connectivity index (χ4v) is 2.50. The summed E-state index contributed by atoms with van der Waals surface area (Å²) in [6.07, 6.45) is 4.02. The van der Waals surface area contributed by atoms with E-state index < -0.39 is 10.1 Å². The Balaban J connectivity index is 2.81. The van der Waals surface area contributed by atoms with E-state index in [0.717, 1.165) is 6.07 Å². The molecule has 0 bridgehead atoms. The molecule has 0 radical (unpaired) electrons. The molecule has 0 atom stereocenters. The third-order valence-electron chi connectivity index (χ3n) is 2.53. The number of nitriles is 1. The molecule has 0 aliphatic heterocycles. The summed E-state index contributed by atoms with van der Waals surface area (Å²) < 4.78 is 32.0. The van der Waals surface area contributed by atoms with E-state index in [-0.39, 0.29) is 26.5 Å². The van der Waals surface area contributed by atoms with E-state index in [1.165, 1.54) is 18.5 Å². The van der Waals surface area contributed by atoms with Gasteiger partial charge >= 0.3 is 0 Å². The largest absolute Gasteiger partial charge is 0.389 e. The molecule has 0 aromatic carbocycles. The maximum absolute atomic E-state index is 11.4. The molecule has 0 unspecified atom stereocenters. The third kappa shape index (κ3) is 2.53. The summed E-state index contributed by atoms with van der Waals surface area (Å²) in [6, 6.07) is 2.97. The lowest BCUT2D eigenvalue weighted by Gasteiger charge is -2.00.